The number of benzene rings is 4. The van der Waals surface area contributed by atoms with Gasteiger partial charge in [-0.2, -0.15) is 38.2 Å². The lowest BCUT2D eigenvalue weighted by Crippen LogP contribution is -2.33. The fourth-order valence-corrected chi connectivity index (χ4v) is 17.5. The number of nitrogens with one attached hydrogen (secondary N) is 5. The van der Waals surface area contributed by atoms with Crippen LogP contribution < -0.4 is 59.9 Å². The molecular formula is C94H144N7O24S4+. The largest absolute Gasteiger partial charge is 0.490 e. The van der Waals surface area contributed by atoms with Crippen LogP contribution in [0.25, 0.3) is 0 Å². The summed E-state index contributed by atoms with van der Waals surface area (Å²) in [7, 11) is -18.3. The van der Waals surface area contributed by atoms with Gasteiger partial charge in [-0.1, -0.05) is 177 Å². The molecule has 0 aromatic heterocycles. The molecule has 6 rings (SSSR count). The maximum atomic E-state index is 15.4. The second-order valence-electron chi connectivity index (χ2n) is 34.1. The summed E-state index contributed by atoms with van der Waals surface area (Å²) in [6.07, 6.45) is 27.3. The molecule has 4 aromatic carbocycles. The van der Waals surface area contributed by atoms with E-state index in [-0.39, 0.29) is 116 Å². The minimum Gasteiger partial charge on any atom is -0.490 e. The van der Waals surface area contributed by atoms with Crippen molar-refractivity contribution in [2.45, 2.75) is 273 Å². The van der Waals surface area contributed by atoms with Crippen LogP contribution in [0.1, 0.15) is 335 Å². The lowest BCUT2D eigenvalue weighted by atomic mass is 9.77. The molecule has 2 heterocycles. The smallest absolute Gasteiger partial charge is 0.266 e. The zero-order chi connectivity index (χ0) is 94.8. The van der Waals surface area contributed by atoms with Crippen molar-refractivity contribution >= 4 is 92.9 Å². The van der Waals surface area contributed by atoms with E-state index in [0.717, 1.165) is 154 Å². The SMILES string of the molecule is CCCCCCOc1cc(C(=O)NCCCNC(=O)c2cc(C(=O)NCCCNC(=O)c3cc(OCCCCCC)c(OCCCCCC)c(OCCCCCC)c3)c3c(c2)N(CCCS(=O)(=O)O)/C(=C/C=C/C2=[N+](CCCS(=O)(=O)O)c4cc(C(=O)CCCS(=O)(=O)O)cc(C(=O)NCCS(=O)(=O)O)c4C2(C)C)C3(C)C)cc(OCCCCCC)c1OCCCCCC. The molecule has 2 aliphatic rings. The number of anilines is 1. The van der Waals surface area contributed by atoms with E-state index in [1.807, 2.05) is 0 Å². The summed E-state index contributed by atoms with van der Waals surface area (Å²) >= 11 is 0. The number of carbonyl (C=O) groups excluding carboxylic acids is 6. The number of allylic oxidation sites excluding steroid dienone is 4. The zero-order valence-electron chi connectivity index (χ0n) is 77.6. The van der Waals surface area contributed by atoms with Gasteiger partial charge in [0, 0.05) is 114 Å². The number of carbonyl (C=O) groups is 6. The Bertz CT molecular complexity index is 4860. The lowest BCUT2D eigenvalue weighted by Gasteiger charge is -2.27. The zero-order valence-corrected chi connectivity index (χ0v) is 80.8. The summed E-state index contributed by atoms with van der Waals surface area (Å²) in [6.45, 7) is 21.6. The monoisotopic (exact) mass is 1880 g/mol. The van der Waals surface area contributed by atoms with Crippen molar-refractivity contribution in [3.05, 3.63) is 117 Å². The van der Waals surface area contributed by atoms with Gasteiger partial charge in [0.1, 0.15) is 6.54 Å². The molecular weight excluding hydrogens is 1740 g/mol. The Hall–Kier alpha value is -8.71. The molecule has 0 bridgehead atoms. The predicted octanol–water partition coefficient (Wildman–Crippen LogP) is 16.2. The number of Topliss-reactive ketones (excluding diaryl/α,β-unsaturated/α-hetero) is 1. The van der Waals surface area contributed by atoms with E-state index in [2.05, 4.69) is 68.1 Å². The van der Waals surface area contributed by atoms with Crippen LogP contribution in [0.4, 0.5) is 11.4 Å². The summed E-state index contributed by atoms with van der Waals surface area (Å²) in [5.74, 6) is -4.37. The first-order chi connectivity index (χ1) is 61.3. The van der Waals surface area contributed by atoms with Crippen molar-refractivity contribution in [1.29, 1.82) is 0 Å². The Morgan fingerprint density at radius 1 is 0.372 bits per heavy atom. The average molecular weight is 1880 g/mol. The van der Waals surface area contributed by atoms with Crippen LogP contribution in [-0.4, -0.2) is 206 Å². The third-order valence-corrected chi connectivity index (χ3v) is 25.6. The highest BCUT2D eigenvalue weighted by Crippen LogP contribution is 2.51. The fourth-order valence-electron chi connectivity index (χ4n) is 15.7. The molecule has 2 aliphatic heterocycles. The molecule has 5 amide bonds. The number of fused-ring (bicyclic) bond motifs is 2. The van der Waals surface area contributed by atoms with Gasteiger partial charge >= 0.3 is 0 Å². The molecule has 722 valence electrons. The van der Waals surface area contributed by atoms with Gasteiger partial charge in [0.2, 0.25) is 17.2 Å². The van der Waals surface area contributed by atoms with Crippen LogP contribution in [-0.2, 0) is 51.3 Å². The van der Waals surface area contributed by atoms with Gasteiger partial charge in [0.25, 0.3) is 70.0 Å². The molecule has 31 nitrogen and oxygen atoms in total. The summed E-state index contributed by atoms with van der Waals surface area (Å²) < 4.78 is 176. The van der Waals surface area contributed by atoms with Crippen LogP contribution in [0.3, 0.4) is 0 Å². The maximum Gasteiger partial charge on any atom is 0.266 e. The third-order valence-electron chi connectivity index (χ3n) is 22.5. The number of rotatable bonds is 67. The molecule has 0 atom stereocenters. The van der Waals surface area contributed by atoms with Crippen molar-refractivity contribution in [2.24, 2.45) is 0 Å². The van der Waals surface area contributed by atoms with Crippen molar-refractivity contribution in [1.82, 2.24) is 26.6 Å². The van der Waals surface area contributed by atoms with Crippen molar-refractivity contribution in [3.8, 4) is 34.5 Å². The molecule has 0 spiro atoms. The lowest BCUT2D eigenvalue weighted by molar-refractivity contribution is -0.437. The van der Waals surface area contributed by atoms with E-state index in [1.165, 1.54) is 18.2 Å². The van der Waals surface area contributed by atoms with E-state index in [0.29, 0.717) is 96.8 Å². The molecule has 9 N–H and O–H groups in total. The van der Waals surface area contributed by atoms with Gasteiger partial charge in [0.15, 0.2) is 34.5 Å². The first kappa shape index (κ1) is 109. The molecule has 0 saturated heterocycles. The number of amides is 5. The summed E-state index contributed by atoms with van der Waals surface area (Å²) in [4.78, 5) is 89.1. The van der Waals surface area contributed by atoms with E-state index in [4.69, 9.17) is 28.4 Å². The maximum absolute atomic E-state index is 15.4. The Morgan fingerprint density at radius 3 is 1.12 bits per heavy atom. The molecule has 0 unspecified atom stereocenters. The number of ketones is 1. The predicted molar refractivity (Wildman–Crippen MR) is 503 cm³/mol. The van der Waals surface area contributed by atoms with Gasteiger partial charge in [-0.3, -0.25) is 47.0 Å². The highest BCUT2D eigenvalue weighted by molar-refractivity contribution is 7.86. The molecule has 129 heavy (non-hydrogen) atoms. The quantitative estimate of drug-likeness (QED) is 0.00858. The van der Waals surface area contributed by atoms with Gasteiger partial charge in [-0.05, 0) is 127 Å². The Kier molecular flexibility index (Phi) is 46.4. The molecule has 4 aromatic rings. The Labute approximate surface area is 766 Å². The number of hydrogen-bond acceptors (Lipinski definition) is 21. The molecule has 0 saturated carbocycles. The van der Waals surface area contributed by atoms with Crippen molar-refractivity contribution < 1.29 is 114 Å². The first-order valence-corrected chi connectivity index (χ1v) is 52.8. The minimum absolute atomic E-state index is 0.00288. The molecule has 0 aliphatic carbocycles. The van der Waals surface area contributed by atoms with Crippen LogP contribution >= 0.6 is 0 Å². The van der Waals surface area contributed by atoms with Crippen LogP contribution in [0.2, 0.25) is 0 Å². The topological polar surface area (TPSA) is 442 Å². The number of unbranched alkanes of at least 4 members (excludes halogenated alkanes) is 18. The van der Waals surface area contributed by atoms with E-state index in [9.17, 15) is 75.9 Å². The van der Waals surface area contributed by atoms with Gasteiger partial charge in [-0.15, -0.1) is 0 Å². The van der Waals surface area contributed by atoms with Crippen LogP contribution in [0.15, 0.2) is 72.5 Å². The van der Waals surface area contributed by atoms with Gasteiger partial charge in [-0.25, -0.2) is 0 Å². The highest BCUT2D eigenvalue weighted by atomic mass is 32.2. The third kappa shape index (κ3) is 36.8. The summed E-state index contributed by atoms with van der Waals surface area (Å²) in [6, 6.07) is 12.3. The first-order valence-electron chi connectivity index (χ1n) is 46.4. The van der Waals surface area contributed by atoms with Crippen molar-refractivity contribution in [3.63, 3.8) is 0 Å². The molecule has 0 fully saturated rings. The second kappa shape index (κ2) is 54.9. The highest BCUT2D eigenvalue weighted by Gasteiger charge is 2.49. The second-order valence-corrected chi connectivity index (χ2v) is 40.4. The van der Waals surface area contributed by atoms with Crippen LogP contribution in [0.5, 0.6) is 34.5 Å². The summed E-state index contributed by atoms with van der Waals surface area (Å²) in [5.41, 5.74) is -0.367. The normalized spacial score (nSPS) is 13.9. The molecule has 0 radical (unpaired) electrons. The number of ether oxygens (including phenoxy) is 6. The average Bonchev–Trinajstić information content (AvgIpc) is 1.57. The van der Waals surface area contributed by atoms with E-state index >= 15 is 4.79 Å². The van der Waals surface area contributed by atoms with Gasteiger partial charge < -0.3 is 59.9 Å². The van der Waals surface area contributed by atoms with Gasteiger partial charge in [0.05, 0.1) is 79.2 Å². The standard InChI is InChI=1S/C94H143N7O24S4/c1-11-17-23-29-51-120-78-65-71(66-79(121-52-30-24-18-12-2)86(78)124-55-33-27-21-15-5)89(104)96-45-37-44-95-88(103)70-62-74(91(106)98-47-38-46-97-90(105)72-67-80(122-53-31-25-19-13-3)87(125-56-34-28-22-16-6)81(68-72)123-54-32-26-20-14-4)85-76(64-70)101(50-40-59-128(114,115)116)83(94(85,9)10)43-35-42-82-93(7,8)84-73(92(107)99-48-60-129(117,118)119)61-69(77(102)41-36-57-126(108,109)110)63-75(84)100(82)49-39-58-127(111,112)113/h35,42-43,61-68H,11-34,36-41,44-60H2,1-10H3,(H8-,95,96,97,98,99,103,104,105,106,107,108,109,110,111,112,113,114,115,116,117,118,119)/p+1. The Morgan fingerprint density at radius 2 is 0.721 bits per heavy atom. The van der Waals surface area contributed by atoms with E-state index < -0.39 is 123 Å². The number of nitrogens with zero attached hydrogens (tertiary/aromatic N) is 2. The van der Waals surface area contributed by atoms with E-state index in [1.54, 1.807) is 85.7 Å². The fraction of sp³-hybridized carbons (Fsp3) is 0.628. The number of hydrogen-bond donors (Lipinski definition) is 9. The Balaban J connectivity index is 1.43. The van der Waals surface area contributed by atoms with Crippen molar-refractivity contribution in [2.75, 3.05) is 113 Å². The minimum atomic E-state index is -4.60. The molecule has 35 heteroatoms. The van der Waals surface area contributed by atoms with Crippen LogP contribution in [0, 0.1) is 0 Å². The summed E-state index contributed by atoms with van der Waals surface area (Å²) in [5, 5.41) is 14.4.